The molecule has 0 aromatic carbocycles. The largest absolute Gasteiger partial charge is 0.434 e. The lowest BCUT2D eigenvalue weighted by Gasteiger charge is -2.05. The number of hydrogen-bond acceptors (Lipinski definition) is 3. The van der Waals surface area contributed by atoms with E-state index in [4.69, 9.17) is 28.3 Å². The van der Waals surface area contributed by atoms with Gasteiger partial charge in [0.05, 0.1) is 5.88 Å². The standard InChI is InChI=1S/C4H6Cl2O3/c5-1-3(7)9-4(8)2-6/h3,7H,1-2H2. The van der Waals surface area contributed by atoms with Crippen LogP contribution in [0.2, 0.25) is 0 Å². The van der Waals surface area contributed by atoms with Crippen LogP contribution in [0, 0.1) is 0 Å². The highest BCUT2D eigenvalue weighted by molar-refractivity contribution is 6.26. The van der Waals surface area contributed by atoms with Gasteiger partial charge in [0.2, 0.25) is 6.29 Å². The van der Waals surface area contributed by atoms with Gasteiger partial charge in [-0.25, -0.2) is 0 Å². The van der Waals surface area contributed by atoms with Gasteiger partial charge in [0, 0.05) is 0 Å². The Bertz CT molecular complexity index is 95.8. The zero-order valence-corrected chi connectivity index (χ0v) is 6.02. The van der Waals surface area contributed by atoms with Crippen molar-refractivity contribution in [1.29, 1.82) is 0 Å². The van der Waals surface area contributed by atoms with Gasteiger partial charge in [0.25, 0.3) is 0 Å². The number of aliphatic hydroxyl groups is 1. The van der Waals surface area contributed by atoms with Crippen molar-refractivity contribution in [3.63, 3.8) is 0 Å². The van der Waals surface area contributed by atoms with Crippen molar-refractivity contribution in [2.45, 2.75) is 6.29 Å². The van der Waals surface area contributed by atoms with Crippen molar-refractivity contribution < 1.29 is 14.6 Å². The molecule has 0 aliphatic rings. The molecule has 0 aliphatic heterocycles. The van der Waals surface area contributed by atoms with Crippen LogP contribution < -0.4 is 0 Å². The quantitative estimate of drug-likeness (QED) is 0.380. The van der Waals surface area contributed by atoms with Crippen LogP contribution in [-0.2, 0) is 9.53 Å². The third-order valence-corrected chi connectivity index (χ3v) is 0.991. The highest BCUT2D eigenvalue weighted by atomic mass is 35.5. The number of alkyl halides is 2. The van der Waals surface area contributed by atoms with Gasteiger partial charge >= 0.3 is 5.97 Å². The minimum absolute atomic E-state index is 0.136. The molecule has 0 fully saturated rings. The van der Waals surface area contributed by atoms with Gasteiger partial charge in [0.1, 0.15) is 5.88 Å². The fourth-order valence-corrected chi connectivity index (χ4v) is 0.341. The second kappa shape index (κ2) is 4.85. The molecule has 0 amide bonds. The number of carbonyl (C=O) groups excluding carboxylic acids is 1. The SMILES string of the molecule is O=C(CCl)OC(O)CCl. The number of hydrogen-bond donors (Lipinski definition) is 1. The molecule has 0 heterocycles. The summed E-state index contributed by atoms with van der Waals surface area (Å²) in [6, 6.07) is 0. The van der Waals surface area contributed by atoms with E-state index in [9.17, 15) is 4.79 Å². The molecule has 0 aromatic heterocycles. The summed E-state index contributed by atoms with van der Waals surface area (Å²) in [6.07, 6.45) is -1.24. The number of aliphatic hydroxyl groups excluding tert-OH is 1. The third-order valence-electron chi connectivity index (χ3n) is 0.509. The molecule has 9 heavy (non-hydrogen) atoms. The summed E-state index contributed by atoms with van der Waals surface area (Å²) in [5.41, 5.74) is 0. The Morgan fingerprint density at radius 2 is 2.22 bits per heavy atom. The molecule has 0 bridgehead atoms. The molecule has 0 rings (SSSR count). The minimum Gasteiger partial charge on any atom is -0.434 e. The van der Waals surface area contributed by atoms with Gasteiger partial charge in [-0.05, 0) is 0 Å². The zero-order chi connectivity index (χ0) is 7.28. The Morgan fingerprint density at radius 3 is 2.56 bits per heavy atom. The van der Waals surface area contributed by atoms with E-state index < -0.39 is 12.3 Å². The van der Waals surface area contributed by atoms with Gasteiger partial charge < -0.3 is 9.84 Å². The molecule has 54 valence electrons. The monoisotopic (exact) mass is 172 g/mol. The summed E-state index contributed by atoms with van der Waals surface area (Å²) < 4.78 is 4.20. The lowest BCUT2D eigenvalue weighted by atomic mass is 10.7. The van der Waals surface area contributed by atoms with Crippen LogP contribution in [0.1, 0.15) is 0 Å². The third kappa shape index (κ3) is 4.51. The lowest BCUT2D eigenvalue weighted by Crippen LogP contribution is -2.19. The number of carbonyl (C=O) groups is 1. The maximum atomic E-state index is 10.2. The Labute approximate surface area is 62.5 Å². The molecule has 1 N–H and O–H groups in total. The first-order valence-corrected chi connectivity index (χ1v) is 3.27. The summed E-state index contributed by atoms with van der Waals surface area (Å²) in [5, 5.41) is 8.53. The average molecular weight is 173 g/mol. The van der Waals surface area contributed by atoms with E-state index in [2.05, 4.69) is 4.74 Å². The molecule has 0 saturated heterocycles. The van der Waals surface area contributed by atoms with Crippen LogP contribution in [0.4, 0.5) is 0 Å². The van der Waals surface area contributed by atoms with Gasteiger partial charge in [-0.1, -0.05) is 0 Å². The maximum Gasteiger partial charge on any atom is 0.323 e. The first-order valence-electron chi connectivity index (χ1n) is 2.20. The van der Waals surface area contributed by atoms with Crippen LogP contribution in [0.3, 0.4) is 0 Å². The smallest absolute Gasteiger partial charge is 0.323 e. The van der Waals surface area contributed by atoms with E-state index in [0.717, 1.165) is 0 Å². The number of ether oxygens (including phenoxy) is 1. The molecule has 1 unspecified atom stereocenters. The molecular formula is C4H6Cl2O3. The summed E-state index contributed by atoms with van der Waals surface area (Å²) in [4.78, 5) is 10.2. The van der Waals surface area contributed by atoms with E-state index in [0.29, 0.717) is 0 Å². The van der Waals surface area contributed by atoms with Crippen molar-refractivity contribution in [2.24, 2.45) is 0 Å². The second-order valence-corrected chi connectivity index (χ2v) is 1.81. The average Bonchev–Trinajstić information content (AvgIpc) is 1.87. The van der Waals surface area contributed by atoms with Crippen LogP contribution in [0.25, 0.3) is 0 Å². The molecule has 5 heteroatoms. The van der Waals surface area contributed by atoms with Gasteiger partial charge in [-0.15, -0.1) is 23.2 Å². The van der Waals surface area contributed by atoms with Crippen molar-refractivity contribution in [2.75, 3.05) is 11.8 Å². The number of rotatable bonds is 3. The van der Waals surface area contributed by atoms with Crippen molar-refractivity contribution in [1.82, 2.24) is 0 Å². The van der Waals surface area contributed by atoms with Crippen LogP contribution in [-0.4, -0.2) is 29.1 Å². The zero-order valence-electron chi connectivity index (χ0n) is 4.51. The van der Waals surface area contributed by atoms with E-state index in [1.54, 1.807) is 0 Å². The number of halogens is 2. The molecule has 1 atom stereocenters. The van der Waals surface area contributed by atoms with Crippen molar-refractivity contribution in [3.8, 4) is 0 Å². The Kier molecular flexibility index (Phi) is 4.85. The molecule has 3 nitrogen and oxygen atoms in total. The second-order valence-electron chi connectivity index (χ2n) is 1.23. The highest BCUT2D eigenvalue weighted by Gasteiger charge is 2.06. The van der Waals surface area contributed by atoms with E-state index in [-0.39, 0.29) is 11.8 Å². The summed E-state index contributed by atoms with van der Waals surface area (Å²) in [5.74, 6) is -1.08. The van der Waals surface area contributed by atoms with E-state index in [1.165, 1.54) is 0 Å². The van der Waals surface area contributed by atoms with Gasteiger partial charge in [-0.3, -0.25) is 4.79 Å². The van der Waals surface area contributed by atoms with Crippen LogP contribution in [0.15, 0.2) is 0 Å². The molecule has 0 aromatic rings. The molecule has 0 spiro atoms. The van der Waals surface area contributed by atoms with Gasteiger partial charge in [0.15, 0.2) is 0 Å². The minimum atomic E-state index is -1.24. The molecule has 0 saturated carbocycles. The Balaban J connectivity index is 3.34. The predicted octanol–water partition coefficient (Wildman–Crippen LogP) is 0.326. The van der Waals surface area contributed by atoms with Crippen molar-refractivity contribution >= 4 is 29.2 Å². The fraction of sp³-hybridized carbons (Fsp3) is 0.750. The lowest BCUT2D eigenvalue weighted by molar-refractivity contribution is -0.160. The van der Waals surface area contributed by atoms with Crippen molar-refractivity contribution in [3.05, 3.63) is 0 Å². The predicted molar refractivity (Wildman–Crippen MR) is 33.5 cm³/mol. The molecule has 0 radical (unpaired) electrons. The molecule has 0 aliphatic carbocycles. The Morgan fingerprint density at radius 1 is 1.67 bits per heavy atom. The maximum absolute atomic E-state index is 10.2. The Hall–Kier alpha value is 0.01000. The summed E-state index contributed by atoms with van der Waals surface area (Å²) >= 11 is 10.1. The molecular weight excluding hydrogens is 167 g/mol. The fourth-order valence-electron chi connectivity index (χ4n) is 0.215. The van der Waals surface area contributed by atoms with E-state index in [1.807, 2.05) is 0 Å². The highest BCUT2D eigenvalue weighted by Crippen LogP contribution is 1.92. The van der Waals surface area contributed by atoms with Crippen LogP contribution in [0.5, 0.6) is 0 Å². The van der Waals surface area contributed by atoms with Gasteiger partial charge in [-0.2, -0.15) is 0 Å². The first-order chi connectivity index (χ1) is 4.20. The van der Waals surface area contributed by atoms with E-state index >= 15 is 0 Å². The van der Waals surface area contributed by atoms with Crippen LogP contribution >= 0.6 is 23.2 Å². The summed E-state index contributed by atoms with van der Waals surface area (Å²) in [6.45, 7) is 0. The first kappa shape index (κ1) is 9.01. The topological polar surface area (TPSA) is 46.5 Å². The normalized spacial score (nSPS) is 12.8. The number of esters is 1. The summed E-state index contributed by atoms with van der Waals surface area (Å²) in [7, 11) is 0.